The first-order valence-corrected chi connectivity index (χ1v) is 10.1. The molecule has 3 aromatic rings. The van der Waals surface area contributed by atoms with Gasteiger partial charge in [0.2, 0.25) is 0 Å². The summed E-state index contributed by atoms with van der Waals surface area (Å²) in [6.45, 7) is 1.54. The number of halogens is 1. The predicted molar refractivity (Wildman–Crippen MR) is 107 cm³/mol. The third-order valence-corrected chi connectivity index (χ3v) is 5.50. The van der Waals surface area contributed by atoms with Crippen molar-refractivity contribution in [2.24, 2.45) is 0 Å². The Balaban J connectivity index is 1.84. The fourth-order valence-corrected chi connectivity index (χ4v) is 3.61. The van der Waals surface area contributed by atoms with Crippen LogP contribution in [0.2, 0.25) is 0 Å². The van der Waals surface area contributed by atoms with Crippen LogP contribution in [0.25, 0.3) is 11.1 Å². The summed E-state index contributed by atoms with van der Waals surface area (Å²) in [7, 11) is -2.66. The Bertz CT molecular complexity index is 1150. The number of amides is 1. The van der Waals surface area contributed by atoms with Crippen molar-refractivity contribution in [3.8, 4) is 16.9 Å². The average Bonchev–Trinajstić information content (AvgIpc) is 2.74. The predicted octanol–water partition coefficient (Wildman–Crippen LogP) is 3.43. The molecule has 3 rings (SSSR count). The van der Waals surface area contributed by atoms with Crippen LogP contribution in [0, 0.1) is 12.7 Å². The van der Waals surface area contributed by atoms with Crippen LogP contribution in [0.1, 0.15) is 15.9 Å². The summed E-state index contributed by atoms with van der Waals surface area (Å²) < 4.78 is 44.3. The number of sulfonamides is 1. The molecule has 0 fully saturated rings. The van der Waals surface area contributed by atoms with Gasteiger partial charge in [0.05, 0.1) is 17.6 Å². The van der Waals surface area contributed by atoms with E-state index in [2.05, 4.69) is 5.43 Å². The highest BCUT2D eigenvalue weighted by atomic mass is 32.2. The summed E-state index contributed by atoms with van der Waals surface area (Å²) in [4.78, 5) is 14.4. The van der Waals surface area contributed by atoms with Crippen LogP contribution < -0.4 is 15.0 Å². The SMILES string of the molecule is COc1cccc(S(=O)(=O)NNC(=O)c2cc(-c3ccccc3)cc(C)c2F)c1. The van der Waals surface area contributed by atoms with Gasteiger partial charge in [-0.3, -0.25) is 10.2 Å². The van der Waals surface area contributed by atoms with Crippen molar-refractivity contribution in [2.75, 3.05) is 7.11 Å². The number of hydrogen-bond acceptors (Lipinski definition) is 4. The third kappa shape index (κ3) is 4.61. The molecule has 0 aliphatic carbocycles. The van der Waals surface area contributed by atoms with Crippen molar-refractivity contribution < 1.29 is 22.3 Å². The molecule has 0 aliphatic rings. The summed E-state index contributed by atoms with van der Waals surface area (Å²) in [5.41, 5.74) is 3.52. The van der Waals surface area contributed by atoms with Crippen LogP contribution in [-0.4, -0.2) is 21.4 Å². The Morgan fingerprint density at radius 3 is 2.38 bits per heavy atom. The minimum absolute atomic E-state index is 0.105. The molecule has 29 heavy (non-hydrogen) atoms. The van der Waals surface area contributed by atoms with E-state index in [0.717, 1.165) is 5.56 Å². The van der Waals surface area contributed by atoms with E-state index < -0.39 is 21.7 Å². The number of methoxy groups -OCH3 is 1. The molecule has 0 aromatic heterocycles. The zero-order valence-corrected chi connectivity index (χ0v) is 16.6. The van der Waals surface area contributed by atoms with Crippen molar-refractivity contribution in [1.82, 2.24) is 10.3 Å². The number of carbonyl (C=O) groups is 1. The van der Waals surface area contributed by atoms with E-state index in [1.807, 2.05) is 35.2 Å². The number of carbonyl (C=O) groups excluding carboxylic acids is 1. The van der Waals surface area contributed by atoms with Gasteiger partial charge in [0, 0.05) is 6.07 Å². The fourth-order valence-electron chi connectivity index (χ4n) is 2.74. The lowest BCUT2D eigenvalue weighted by atomic mass is 9.99. The molecule has 2 N–H and O–H groups in total. The highest BCUT2D eigenvalue weighted by Gasteiger charge is 2.20. The highest BCUT2D eigenvalue weighted by Crippen LogP contribution is 2.25. The number of hydrogen-bond donors (Lipinski definition) is 2. The number of hydrazine groups is 1. The molecule has 6 nitrogen and oxygen atoms in total. The van der Waals surface area contributed by atoms with E-state index >= 15 is 0 Å². The lowest BCUT2D eigenvalue weighted by molar-refractivity contribution is 0.0941. The van der Waals surface area contributed by atoms with Gasteiger partial charge >= 0.3 is 0 Å². The lowest BCUT2D eigenvalue weighted by Crippen LogP contribution is -2.41. The molecule has 0 radical (unpaired) electrons. The molecule has 8 heteroatoms. The minimum Gasteiger partial charge on any atom is -0.497 e. The number of rotatable bonds is 6. The van der Waals surface area contributed by atoms with Gasteiger partial charge in [-0.15, -0.1) is 4.83 Å². The molecule has 0 saturated heterocycles. The molecule has 0 saturated carbocycles. The smallest absolute Gasteiger partial charge is 0.269 e. The fraction of sp³-hybridized carbons (Fsp3) is 0.0952. The van der Waals surface area contributed by atoms with Crippen LogP contribution in [0.5, 0.6) is 5.75 Å². The van der Waals surface area contributed by atoms with Crippen LogP contribution in [0.4, 0.5) is 4.39 Å². The van der Waals surface area contributed by atoms with Gasteiger partial charge in [-0.1, -0.05) is 36.4 Å². The second kappa shape index (κ2) is 8.42. The van der Waals surface area contributed by atoms with E-state index in [9.17, 15) is 17.6 Å². The molecule has 3 aromatic carbocycles. The number of aryl methyl sites for hydroxylation is 1. The summed E-state index contributed by atoms with van der Waals surface area (Å²) in [5.74, 6) is -1.28. The van der Waals surface area contributed by atoms with E-state index in [1.165, 1.54) is 31.4 Å². The summed E-state index contributed by atoms with van der Waals surface area (Å²) in [6, 6.07) is 17.9. The maximum Gasteiger partial charge on any atom is 0.269 e. The Hall–Kier alpha value is -3.23. The maximum absolute atomic E-state index is 14.5. The van der Waals surface area contributed by atoms with Gasteiger partial charge in [-0.05, 0) is 47.9 Å². The van der Waals surface area contributed by atoms with Crippen LogP contribution in [0.15, 0.2) is 71.6 Å². The second-order valence-corrected chi connectivity index (χ2v) is 7.94. The monoisotopic (exact) mass is 414 g/mol. The molecule has 0 bridgehead atoms. The first-order valence-electron chi connectivity index (χ1n) is 8.63. The molecule has 0 aliphatic heterocycles. The van der Waals surface area contributed by atoms with Crippen LogP contribution in [-0.2, 0) is 10.0 Å². The van der Waals surface area contributed by atoms with Crippen LogP contribution >= 0.6 is 0 Å². The van der Waals surface area contributed by atoms with Crippen molar-refractivity contribution in [3.63, 3.8) is 0 Å². The first-order chi connectivity index (χ1) is 13.8. The van der Waals surface area contributed by atoms with Crippen molar-refractivity contribution in [1.29, 1.82) is 0 Å². The molecular weight excluding hydrogens is 395 g/mol. The standard InChI is InChI=1S/C21H19FN2O4S/c1-14-11-16(15-7-4-3-5-8-15)12-19(20(14)22)21(25)23-24-29(26,27)18-10-6-9-17(13-18)28-2/h3-13,24H,1-2H3,(H,23,25). The second-order valence-electron chi connectivity index (χ2n) is 6.26. The van der Waals surface area contributed by atoms with Gasteiger partial charge in [-0.25, -0.2) is 12.8 Å². The Morgan fingerprint density at radius 1 is 0.966 bits per heavy atom. The Labute approximate surface area is 168 Å². The van der Waals surface area contributed by atoms with E-state index in [0.29, 0.717) is 11.3 Å². The topological polar surface area (TPSA) is 84.5 Å². The molecular formula is C21H19FN2O4S. The Morgan fingerprint density at radius 2 is 1.69 bits per heavy atom. The van der Waals surface area contributed by atoms with Crippen LogP contribution in [0.3, 0.4) is 0 Å². The molecule has 0 spiro atoms. The van der Waals surface area contributed by atoms with Crippen molar-refractivity contribution >= 4 is 15.9 Å². The molecule has 0 atom stereocenters. The minimum atomic E-state index is -4.07. The quantitative estimate of drug-likeness (QED) is 0.605. The van der Waals surface area contributed by atoms with Crippen molar-refractivity contribution in [2.45, 2.75) is 11.8 Å². The molecule has 0 unspecified atom stereocenters. The third-order valence-electron chi connectivity index (χ3n) is 4.26. The number of nitrogens with one attached hydrogen (secondary N) is 2. The van der Waals surface area contributed by atoms with Gasteiger partial charge in [0.15, 0.2) is 0 Å². The highest BCUT2D eigenvalue weighted by molar-refractivity contribution is 7.89. The summed E-state index contributed by atoms with van der Waals surface area (Å²) in [5, 5.41) is 0. The average molecular weight is 414 g/mol. The van der Waals surface area contributed by atoms with Crippen molar-refractivity contribution in [3.05, 3.63) is 83.7 Å². The van der Waals surface area contributed by atoms with E-state index in [4.69, 9.17) is 4.74 Å². The first kappa shape index (κ1) is 20.5. The maximum atomic E-state index is 14.5. The van der Waals surface area contributed by atoms with E-state index in [-0.39, 0.29) is 16.0 Å². The summed E-state index contributed by atoms with van der Waals surface area (Å²) in [6.07, 6.45) is 0. The molecule has 1 amide bonds. The van der Waals surface area contributed by atoms with Gasteiger partial charge in [0.1, 0.15) is 11.6 Å². The van der Waals surface area contributed by atoms with Gasteiger partial charge < -0.3 is 4.74 Å². The van der Waals surface area contributed by atoms with Gasteiger partial charge in [-0.2, -0.15) is 0 Å². The van der Waals surface area contributed by atoms with E-state index in [1.54, 1.807) is 19.1 Å². The largest absolute Gasteiger partial charge is 0.497 e. The lowest BCUT2D eigenvalue weighted by Gasteiger charge is -2.12. The number of benzene rings is 3. The number of ether oxygens (including phenoxy) is 1. The molecule has 0 heterocycles. The summed E-state index contributed by atoms with van der Waals surface area (Å²) >= 11 is 0. The normalized spacial score (nSPS) is 11.1. The zero-order valence-electron chi connectivity index (χ0n) is 15.8. The van der Waals surface area contributed by atoms with Gasteiger partial charge in [0.25, 0.3) is 15.9 Å². The Kier molecular flexibility index (Phi) is 5.95. The zero-order chi connectivity index (χ0) is 21.0. The molecule has 150 valence electrons.